The average molecular weight is 432 g/mol. The summed E-state index contributed by atoms with van der Waals surface area (Å²) in [5.41, 5.74) is 2.35. The number of aromatic nitrogens is 7. The number of carbonyl (C=O) groups is 1. The fourth-order valence-corrected chi connectivity index (χ4v) is 3.26. The van der Waals surface area contributed by atoms with Crippen LogP contribution in [0.15, 0.2) is 37.1 Å². The number of hydrogen-bond donors (Lipinski definition) is 2. The summed E-state index contributed by atoms with van der Waals surface area (Å²) >= 11 is 12.2. The van der Waals surface area contributed by atoms with Gasteiger partial charge in [0.05, 0.1) is 47.4 Å². The Kier molecular flexibility index (Phi) is 5.03. The Morgan fingerprint density at radius 2 is 1.86 bits per heavy atom. The van der Waals surface area contributed by atoms with E-state index in [1.807, 2.05) is 13.8 Å². The Hall–Kier alpha value is -3.24. The van der Waals surface area contributed by atoms with Gasteiger partial charge in [0.1, 0.15) is 5.15 Å². The van der Waals surface area contributed by atoms with Crippen LogP contribution >= 0.6 is 23.2 Å². The zero-order valence-electron chi connectivity index (χ0n) is 15.3. The summed E-state index contributed by atoms with van der Waals surface area (Å²) < 4.78 is 1.58. The highest BCUT2D eigenvalue weighted by atomic mass is 35.5. The van der Waals surface area contributed by atoms with Crippen molar-refractivity contribution in [1.82, 2.24) is 34.6 Å². The van der Waals surface area contributed by atoms with E-state index in [2.05, 4.69) is 35.9 Å². The third-order valence-electron chi connectivity index (χ3n) is 4.01. The predicted molar refractivity (Wildman–Crippen MR) is 109 cm³/mol. The molecule has 0 spiro atoms. The molecule has 10 nitrogen and oxygen atoms in total. The van der Waals surface area contributed by atoms with E-state index < -0.39 is 6.03 Å². The molecule has 0 saturated heterocycles. The van der Waals surface area contributed by atoms with Gasteiger partial charge in [0, 0.05) is 5.56 Å². The van der Waals surface area contributed by atoms with Crippen LogP contribution in [0.2, 0.25) is 10.2 Å². The summed E-state index contributed by atoms with van der Waals surface area (Å²) in [6.45, 7) is 3.99. The first-order chi connectivity index (χ1) is 13.9. The van der Waals surface area contributed by atoms with Gasteiger partial charge in [-0.05, 0) is 12.0 Å². The molecule has 0 aliphatic heterocycles. The first kappa shape index (κ1) is 19.1. The molecule has 0 aliphatic rings. The van der Waals surface area contributed by atoms with Gasteiger partial charge in [-0.15, -0.1) is 4.80 Å². The molecule has 0 saturated carbocycles. The first-order valence-corrected chi connectivity index (χ1v) is 9.32. The van der Waals surface area contributed by atoms with Crippen LogP contribution in [-0.2, 0) is 0 Å². The monoisotopic (exact) mass is 431 g/mol. The van der Waals surface area contributed by atoms with Crippen LogP contribution < -0.4 is 10.6 Å². The smallest absolute Gasteiger partial charge is 0.306 e. The molecule has 29 heavy (non-hydrogen) atoms. The second-order valence-corrected chi connectivity index (χ2v) is 7.18. The Morgan fingerprint density at radius 1 is 1.10 bits per heavy atom. The highest BCUT2D eigenvalue weighted by Gasteiger charge is 2.17. The Bertz CT molecular complexity index is 1190. The third-order valence-corrected chi connectivity index (χ3v) is 4.47. The average Bonchev–Trinajstić information content (AvgIpc) is 3.30. The minimum absolute atomic E-state index is 0.0752. The number of anilines is 2. The molecular formula is C17H15Cl2N9O. The minimum Gasteiger partial charge on any atom is -0.306 e. The molecule has 12 heteroatoms. The van der Waals surface area contributed by atoms with E-state index in [0.717, 1.165) is 5.56 Å². The molecule has 4 aromatic heterocycles. The van der Waals surface area contributed by atoms with Crippen molar-refractivity contribution in [2.24, 2.45) is 0 Å². The van der Waals surface area contributed by atoms with Gasteiger partial charge >= 0.3 is 6.03 Å². The largest absolute Gasteiger partial charge is 0.323 e. The van der Waals surface area contributed by atoms with Gasteiger partial charge in [0.15, 0.2) is 11.5 Å². The van der Waals surface area contributed by atoms with Crippen LogP contribution in [-0.4, -0.2) is 40.6 Å². The molecule has 0 aliphatic carbocycles. The lowest BCUT2D eigenvalue weighted by Gasteiger charge is -2.15. The number of imidazole rings is 1. The maximum absolute atomic E-state index is 12.5. The fourth-order valence-electron chi connectivity index (χ4n) is 2.85. The molecule has 0 radical (unpaired) electrons. The molecule has 4 heterocycles. The number of carbonyl (C=O) groups excluding carboxylic acids is 1. The summed E-state index contributed by atoms with van der Waals surface area (Å²) in [6, 6.07) is 1.09. The van der Waals surface area contributed by atoms with Gasteiger partial charge in [-0.1, -0.05) is 37.0 Å². The highest BCUT2D eigenvalue weighted by molar-refractivity contribution is 6.32. The fraction of sp³-hybridized carbons (Fsp3) is 0.176. The molecule has 0 aromatic carbocycles. The van der Waals surface area contributed by atoms with Gasteiger partial charge in [-0.25, -0.2) is 19.3 Å². The minimum atomic E-state index is -0.474. The number of fused-ring (bicyclic) bond motifs is 1. The van der Waals surface area contributed by atoms with E-state index in [-0.39, 0.29) is 10.9 Å². The molecular weight excluding hydrogens is 417 g/mol. The van der Waals surface area contributed by atoms with Crippen molar-refractivity contribution in [3.63, 3.8) is 0 Å². The molecule has 0 fully saturated rings. The molecule has 2 amide bonds. The Balaban J connectivity index is 1.56. The summed E-state index contributed by atoms with van der Waals surface area (Å²) in [5.74, 6) is 0.432. The third kappa shape index (κ3) is 3.84. The van der Waals surface area contributed by atoms with Gasteiger partial charge in [-0.3, -0.25) is 0 Å². The summed E-state index contributed by atoms with van der Waals surface area (Å²) in [6.07, 6.45) is 7.65. The Morgan fingerprint density at radius 3 is 2.55 bits per heavy atom. The van der Waals surface area contributed by atoms with Crippen LogP contribution in [0.3, 0.4) is 0 Å². The summed E-state index contributed by atoms with van der Waals surface area (Å²) in [5, 5.41) is 18.3. The van der Waals surface area contributed by atoms with Gasteiger partial charge in [0.2, 0.25) is 0 Å². The van der Waals surface area contributed by atoms with Crippen LogP contribution in [0.25, 0.3) is 11.5 Å². The summed E-state index contributed by atoms with van der Waals surface area (Å²) in [7, 11) is 0. The number of pyridine rings is 1. The van der Waals surface area contributed by atoms with Gasteiger partial charge < -0.3 is 10.6 Å². The number of amides is 2. The van der Waals surface area contributed by atoms with Crippen molar-refractivity contribution in [1.29, 1.82) is 0 Å². The van der Waals surface area contributed by atoms with E-state index in [4.69, 9.17) is 23.2 Å². The standard InChI is InChI=1S/C17H15Cl2N9O/c1-9(2)14-12(7-23-27-8-13(19)26-16(14)27)25-17(29)24-10-5-11(18)15(20-6-10)28-21-3-4-22-28/h3-9H,1-2H3,(H2,24,25,29). The molecule has 0 atom stereocenters. The van der Waals surface area contributed by atoms with Crippen molar-refractivity contribution in [2.75, 3.05) is 10.6 Å². The zero-order valence-corrected chi connectivity index (χ0v) is 16.8. The van der Waals surface area contributed by atoms with Crippen molar-refractivity contribution in [2.45, 2.75) is 19.8 Å². The lowest BCUT2D eigenvalue weighted by atomic mass is 10.0. The second-order valence-electron chi connectivity index (χ2n) is 6.39. The number of urea groups is 1. The number of hydrogen-bond acceptors (Lipinski definition) is 6. The van der Waals surface area contributed by atoms with Gasteiger partial charge in [-0.2, -0.15) is 15.3 Å². The zero-order chi connectivity index (χ0) is 20.5. The van der Waals surface area contributed by atoms with Crippen molar-refractivity contribution in [3.05, 3.63) is 52.8 Å². The van der Waals surface area contributed by atoms with Crippen LogP contribution in [0.5, 0.6) is 0 Å². The van der Waals surface area contributed by atoms with E-state index >= 15 is 0 Å². The van der Waals surface area contributed by atoms with Crippen molar-refractivity contribution >= 4 is 46.3 Å². The van der Waals surface area contributed by atoms with E-state index in [1.54, 1.807) is 23.0 Å². The van der Waals surface area contributed by atoms with E-state index in [0.29, 0.717) is 28.0 Å². The molecule has 4 rings (SSSR count). The topological polar surface area (TPSA) is 115 Å². The first-order valence-electron chi connectivity index (χ1n) is 8.56. The number of rotatable bonds is 4. The number of halogens is 2. The molecule has 148 valence electrons. The maximum atomic E-state index is 12.5. The second kappa shape index (κ2) is 7.64. The molecule has 0 bridgehead atoms. The number of nitrogens with one attached hydrogen (secondary N) is 2. The van der Waals surface area contributed by atoms with Gasteiger partial charge in [0.25, 0.3) is 0 Å². The Labute approximate surface area is 174 Å². The molecule has 0 unspecified atom stereocenters. The van der Waals surface area contributed by atoms with E-state index in [1.165, 1.54) is 23.4 Å². The maximum Gasteiger partial charge on any atom is 0.323 e. The van der Waals surface area contributed by atoms with Crippen LogP contribution in [0.4, 0.5) is 16.2 Å². The lowest BCUT2D eigenvalue weighted by molar-refractivity contribution is 0.262. The quantitative estimate of drug-likeness (QED) is 0.507. The predicted octanol–water partition coefficient (Wildman–Crippen LogP) is 3.78. The highest BCUT2D eigenvalue weighted by Crippen LogP contribution is 2.28. The lowest BCUT2D eigenvalue weighted by Crippen LogP contribution is -2.21. The molecule has 2 N–H and O–H groups in total. The number of nitrogens with zero attached hydrogens (tertiary/aromatic N) is 7. The van der Waals surface area contributed by atoms with Crippen LogP contribution in [0, 0.1) is 0 Å². The summed E-state index contributed by atoms with van der Waals surface area (Å²) in [4.78, 5) is 22.3. The van der Waals surface area contributed by atoms with Crippen molar-refractivity contribution < 1.29 is 4.79 Å². The van der Waals surface area contributed by atoms with E-state index in [9.17, 15) is 4.79 Å². The molecule has 4 aromatic rings. The SMILES string of the molecule is CC(C)c1c(NC(=O)Nc2cnc(-n3nccn3)c(Cl)c2)cnn2cc(Cl)nc12. The normalized spacial score (nSPS) is 11.2. The van der Waals surface area contributed by atoms with Crippen molar-refractivity contribution in [3.8, 4) is 5.82 Å². The van der Waals surface area contributed by atoms with Crippen LogP contribution in [0.1, 0.15) is 25.3 Å².